The molecule has 0 saturated heterocycles. The van der Waals surface area contributed by atoms with Crippen LogP contribution in [0, 0.1) is 17.6 Å². The molecule has 1 aromatic carbocycles. The monoisotopic (exact) mass is 428 g/mol. The van der Waals surface area contributed by atoms with E-state index in [2.05, 4.69) is 15.3 Å². The van der Waals surface area contributed by atoms with E-state index in [1.165, 1.54) is 18.3 Å². The lowest BCUT2D eigenvalue weighted by Gasteiger charge is -2.33. The Morgan fingerprint density at radius 1 is 1.34 bits per heavy atom. The summed E-state index contributed by atoms with van der Waals surface area (Å²) in [6, 6.07) is 3.82. The number of nitrogens with one attached hydrogen (secondary N) is 1. The molecule has 1 saturated carbocycles. The standard InChI is InChI=1S/C18H13ClF4N4O2/c19-7-1-2-12(25-6-7)15(28)26-8-3-10(14(21)11(20)4-8)18(16(22)23)9-5-13(9)29-17(24)27-18/h1-4,6,9,13,16H,5H2,(H2,24,27)(H,26,28)/t9?,13?,18-/m1/s1. The number of rotatable bonds is 4. The summed E-state index contributed by atoms with van der Waals surface area (Å²) in [5, 5.41) is 2.61. The third kappa shape index (κ3) is 3.27. The largest absolute Gasteiger partial charge is 0.462 e. The number of ether oxygens (including phenoxy) is 1. The second-order valence-electron chi connectivity index (χ2n) is 6.71. The van der Waals surface area contributed by atoms with E-state index in [0.717, 1.165) is 6.07 Å². The average Bonchev–Trinajstić information content (AvgIpc) is 3.43. The lowest BCUT2D eigenvalue weighted by Crippen LogP contribution is -2.43. The van der Waals surface area contributed by atoms with Crippen LogP contribution >= 0.6 is 11.6 Å². The molecule has 1 aromatic heterocycles. The number of fused-ring (bicyclic) bond motifs is 1. The molecule has 2 unspecified atom stereocenters. The van der Waals surface area contributed by atoms with Gasteiger partial charge in [0, 0.05) is 29.4 Å². The minimum Gasteiger partial charge on any atom is -0.462 e. The van der Waals surface area contributed by atoms with E-state index in [1.807, 2.05) is 0 Å². The van der Waals surface area contributed by atoms with Gasteiger partial charge in [0.25, 0.3) is 18.4 Å². The van der Waals surface area contributed by atoms with Crippen molar-refractivity contribution in [2.24, 2.45) is 16.6 Å². The van der Waals surface area contributed by atoms with Crippen LogP contribution < -0.4 is 11.1 Å². The zero-order valence-electron chi connectivity index (χ0n) is 14.5. The summed E-state index contributed by atoms with van der Waals surface area (Å²) in [6.07, 6.45) is -2.44. The summed E-state index contributed by atoms with van der Waals surface area (Å²) in [6.45, 7) is 0. The van der Waals surface area contributed by atoms with E-state index >= 15 is 0 Å². The van der Waals surface area contributed by atoms with Crippen LogP contribution in [0.1, 0.15) is 22.5 Å². The summed E-state index contributed by atoms with van der Waals surface area (Å²) < 4.78 is 62.2. The zero-order chi connectivity index (χ0) is 20.9. The Kier molecular flexibility index (Phi) is 4.60. The fourth-order valence-electron chi connectivity index (χ4n) is 3.46. The Balaban J connectivity index is 1.75. The summed E-state index contributed by atoms with van der Waals surface area (Å²) in [7, 11) is 0. The van der Waals surface area contributed by atoms with E-state index in [9.17, 15) is 22.4 Å². The van der Waals surface area contributed by atoms with Crippen molar-refractivity contribution in [3.8, 4) is 0 Å². The number of alkyl halides is 2. The smallest absolute Gasteiger partial charge is 0.283 e. The van der Waals surface area contributed by atoms with Crippen molar-refractivity contribution in [3.63, 3.8) is 0 Å². The molecule has 2 heterocycles. The minimum atomic E-state index is -3.18. The fourth-order valence-corrected chi connectivity index (χ4v) is 3.57. The predicted molar refractivity (Wildman–Crippen MR) is 95.8 cm³/mol. The number of benzene rings is 1. The molecule has 0 bridgehead atoms. The number of halogens is 5. The lowest BCUT2D eigenvalue weighted by atomic mass is 9.84. The molecule has 1 amide bonds. The van der Waals surface area contributed by atoms with E-state index in [4.69, 9.17) is 22.1 Å². The van der Waals surface area contributed by atoms with Crippen molar-refractivity contribution in [1.82, 2.24) is 4.98 Å². The Hall–Kier alpha value is -2.88. The number of pyridine rings is 1. The Bertz CT molecular complexity index is 1020. The van der Waals surface area contributed by atoms with Crippen LogP contribution in [0.5, 0.6) is 0 Å². The normalized spacial score (nSPS) is 25.1. The first-order chi connectivity index (χ1) is 13.7. The minimum absolute atomic E-state index is 0.0557. The highest BCUT2D eigenvalue weighted by atomic mass is 35.5. The van der Waals surface area contributed by atoms with Crippen molar-refractivity contribution >= 4 is 29.2 Å². The Labute approximate surface area is 166 Å². The summed E-state index contributed by atoms with van der Waals surface area (Å²) >= 11 is 5.71. The molecule has 3 N–H and O–H groups in total. The van der Waals surface area contributed by atoms with E-state index < -0.39 is 53.1 Å². The molecule has 152 valence electrons. The number of aliphatic imine (C=N–C) groups is 1. The molecule has 4 rings (SSSR count). The van der Waals surface area contributed by atoms with E-state index in [0.29, 0.717) is 11.1 Å². The second-order valence-corrected chi connectivity index (χ2v) is 7.15. The van der Waals surface area contributed by atoms with Gasteiger partial charge in [-0.2, -0.15) is 0 Å². The number of hydrogen-bond acceptors (Lipinski definition) is 5. The van der Waals surface area contributed by atoms with Crippen molar-refractivity contribution in [3.05, 3.63) is 58.4 Å². The third-order valence-corrected chi connectivity index (χ3v) is 5.10. The number of hydrogen-bond donors (Lipinski definition) is 2. The van der Waals surface area contributed by atoms with Gasteiger partial charge in [-0.3, -0.25) is 4.79 Å². The maximum atomic E-state index is 14.6. The average molecular weight is 429 g/mol. The number of anilines is 1. The van der Waals surface area contributed by atoms with Crippen LogP contribution in [0.4, 0.5) is 23.2 Å². The molecule has 11 heteroatoms. The van der Waals surface area contributed by atoms with Gasteiger partial charge >= 0.3 is 0 Å². The van der Waals surface area contributed by atoms with Crippen molar-refractivity contribution < 1.29 is 27.1 Å². The van der Waals surface area contributed by atoms with Crippen LogP contribution in [0.15, 0.2) is 35.5 Å². The predicted octanol–water partition coefficient (Wildman–Crippen LogP) is 3.46. The van der Waals surface area contributed by atoms with Gasteiger partial charge in [-0.05, 0) is 24.6 Å². The molecular formula is C18H13ClF4N4O2. The van der Waals surface area contributed by atoms with E-state index in [1.54, 1.807) is 0 Å². The molecule has 1 aliphatic heterocycles. The van der Waals surface area contributed by atoms with Gasteiger partial charge in [-0.25, -0.2) is 27.5 Å². The van der Waals surface area contributed by atoms with Crippen molar-refractivity contribution in [2.75, 3.05) is 5.32 Å². The number of carbonyl (C=O) groups excluding carboxylic acids is 1. The van der Waals surface area contributed by atoms with E-state index in [-0.39, 0.29) is 17.8 Å². The molecule has 2 aliphatic rings. The summed E-state index contributed by atoms with van der Waals surface area (Å²) in [4.78, 5) is 19.8. The Morgan fingerprint density at radius 3 is 2.76 bits per heavy atom. The van der Waals surface area contributed by atoms with Gasteiger partial charge in [0.1, 0.15) is 11.8 Å². The third-order valence-electron chi connectivity index (χ3n) is 4.87. The molecule has 1 fully saturated rings. The van der Waals surface area contributed by atoms with Crippen molar-refractivity contribution in [2.45, 2.75) is 24.5 Å². The van der Waals surface area contributed by atoms with Crippen LogP contribution in [0.2, 0.25) is 5.02 Å². The number of carbonyl (C=O) groups is 1. The molecule has 2 aromatic rings. The molecular weight excluding hydrogens is 416 g/mol. The van der Waals surface area contributed by atoms with Gasteiger partial charge in [-0.15, -0.1) is 0 Å². The first kappa shape index (κ1) is 19.4. The number of aromatic nitrogens is 1. The maximum Gasteiger partial charge on any atom is 0.283 e. The number of amidine groups is 1. The van der Waals surface area contributed by atoms with Gasteiger partial charge in [0.15, 0.2) is 17.2 Å². The molecule has 6 nitrogen and oxygen atoms in total. The lowest BCUT2D eigenvalue weighted by molar-refractivity contribution is 0.0173. The zero-order valence-corrected chi connectivity index (χ0v) is 15.3. The molecule has 29 heavy (non-hydrogen) atoms. The van der Waals surface area contributed by atoms with Gasteiger partial charge in [0.2, 0.25) is 0 Å². The highest BCUT2D eigenvalue weighted by Gasteiger charge is 2.64. The fraction of sp³-hybridized carbons (Fsp3) is 0.278. The highest BCUT2D eigenvalue weighted by molar-refractivity contribution is 6.30. The van der Waals surface area contributed by atoms with Gasteiger partial charge in [-0.1, -0.05) is 11.6 Å². The van der Waals surface area contributed by atoms with Crippen LogP contribution in [0.25, 0.3) is 0 Å². The summed E-state index contributed by atoms with van der Waals surface area (Å²) in [5.74, 6) is -4.53. The number of amides is 1. The Morgan fingerprint density at radius 2 is 2.10 bits per heavy atom. The highest BCUT2D eigenvalue weighted by Crippen LogP contribution is 2.56. The number of nitrogens with zero attached hydrogens (tertiary/aromatic N) is 2. The van der Waals surface area contributed by atoms with Crippen LogP contribution in [0.3, 0.4) is 0 Å². The molecule has 1 aliphatic carbocycles. The number of nitrogens with two attached hydrogens (primary N) is 1. The quantitative estimate of drug-likeness (QED) is 0.730. The van der Waals surface area contributed by atoms with Crippen molar-refractivity contribution in [1.29, 1.82) is 0 Å². The maximum absolute atomic E-state index is 14.6. The van der Waals surface area contributed by atoms with Crippen LogP contribution in [-0.2, 0) is 10.3 Å². The SMILES string of the molecule is NC1=N[C@](c2cc(NC(=O)c3ccc(Cl)cn3)cc(F)c2F)(C(F)F)C2CC2O1. The second kappa shape index (κ2) is 6.87. The molecule has 0 radical (unpaired) electrons. The summed E-state index contributed by atoms with van der Waals surface area (Å²) in [5.41, 5.74) is 2.08. The molecule has 0 spiro atoms. The van der Waals surface area contributed by atoms with Gasteiger partial charge < -0.3 is 15.8 Å². The molecule has 3 atom stereocenters. The van der Waals surface area contributed by atoms with Crippen LogP contribution in [-0.4, -0.2) is 29.4 Å². The first-order valence-corrected chi connectivity index (χ1v) is 8.82. The topological polar surface area (TPSA) is 89.6 Å². The first-order valence-electron chi connectivity index (χ1n) is 8.45. The van der Waals surface area contributed by atoms with Gasteiger partial charge in [0.05, 0.1) is 5.02 Å².